The molecule has 1 saturated carbocycles. The van der Waals surface area contributed by atoms with Crippen LogP contribution in [0.2, 0.25) is 0 Å². The monoisotopic (exact) mass is 187 g/mol. The van der Waals surface area contributed by atoms with Gasteiger partial charge in [-0.15, -0.1) is 0 Å². The third kappa shape index (κ3) is 5.24. The smallest absolute Gasteiger partial charge is 0.0701 e. The highest BCUT2D eigenvalue weighted by Crippen LogP contribution is 2.33. The Morgan fingerprint density at radius 3 is 2.69 bits per heavy atom. The van der Waals surface area contributed by atoms with E-state index < -0.39 is 0 Å². The highest BCUT2D eigenvalue weighted by atomic mass is 16.5. The van der Waals surface area contributed by atoms with Crippen molar-refractivity contribution in [1.29, 1.82) is 0 Å². The van der Waals surface area contributed by atoms with Gasteiger partial charge in [0.15, 0.2) is 0 Å². The molecule has 3 nitrogen and oxygen atoms in total. The summed E-state index contributed by atoms with van der Waals surface area (Å²) in [5.41, 5.74) is 0. The van der Waals surface area contributed by atoms with Crippen molar-refractivity contribution in [3.8, 4) is 0 Å². The van der Waals surface area contributed by atoms with Crippen LogP contribution in [0.5, 0.6) is 0 Å². The Balaban J connectivity index is 1.94. The fraction of sp³-hybridized carbons (Fsp3) is 1.00. The Kier molecular flexibility index (Phi) is 5.35. The molecule has 1 aliphatic rings. The van der Waals surface area contributed by atoms with Gasteiger partial charge in [0.1, 0.15) is 0 Å². The number of rotatable bonds is 8. The van der Waals surface area contributed by atoms with Gasteiger partial charge in [0.2, 0.25) is 0 Å². The van der Waals surface area contributed by atoms with Crippen LogP contribution in [-0.2, 0) is 9.47 Å². The zero-order valence-corrected chi connectivity index (χ0v) is 8.71. The fourth-order valence-corrected chi connectivity index (χ4v) is 1.39. The first-order valence-corrected chi connectivity index (χ1v) is 5.10. The normalized spacial score (nSPS) is 18.9. The first-order chi connectivity index (χ1) is 6.36. The standard InChI is InChI=1S/C10H21NO2/c1-11-10(7-9-3-4-9)8-13-6-5-12-2/h9-11H,3-8H2,1-2H3. The van der Waals surface area contributed by atoms with Gasteiger partial charge in [-0.2, -0.15) is 0 Å². The SMILES string of the molecule is CNC(COCCOC)CC1CC1. The largest absolute Gasteiger partial charge is 0.382 e. The van der Waals surface area contributed by atoms with Crippen LogP contribution in [0, 0.1) is 5.92 Å². The summed E-state index contributed by atoms with van der Waals surface area (Å²) in [6, 6.07) is 0.532. The molecule has 0 saturated heterocycles. The molecule has 78 valence electrons. The lowest BCUT2D eigenvalue weighted by molar-refractivity contribution is 0.0578. The number of nitrogens with one attached hydrogen (secondary N) is 1. The number of likely N-dealkylation sites (N-methyl/N-ethyl adjacent to an activating group) is 1. The van der Waals surface area contributed by atoms with Crippen LogP contribution in [0.25, 0.3) is 0 Å². The molecule has 0 aromatic heterocycles. The van der Waals surface area contributed by atoms with Gasteiger partial charge >= 0.3 is 0 Å². The predicted molar refractivity (Wildman–Crippen MR) is 52.9 cm³/mol. The van der Waals surface area contributed by atoms with E-state index in [-0.39, 0.29) is 0 Å². The maximum absolute atomic E-state index is 5.47. The van der Waals surface area contributed by atoms with E-state index in [9.17, 15) is 0 Å². The van der Waals surface area contributed by atoms with Crippen LogP contribution in [0.1, 0.15) is 19.3 Å². The second-order valence-corrected chi connectivity index (χ2v) is 3.73. The molecule has 0 aromatic carbocycles. The topological polar surface area (TPSA) is 30.5 Å². The highest BCUT2D eigenvalue weighted by Gasteiger charge is 2.24. The van der Waals surface area contributed by atoms with E-state index in [0.29, 0.717) is 19.3 Å². The van der Waals surface area contributed by atoms with Gasteiger partial charge in [0.25, 0.3) is 0 Å². The van der Waals surface area contributed by atoms with Gasteiger partial charge in [-0.1, -0.05) is 12.8 Å². The van der Waals surface area contributed by atoms with E-state index in [4.69, 9.17) is 9.47 Å². The van der Waals surface area contributed by atoms with Crippen LogP contribution in [0.3, 0.4) is 0 Å². The molecule has 0 heterocycles. The lowest BCUT2D eigenvalue weighted by Crippen LogP contribution is -2.31. The van der Waals surface area contributed by atoms with Gasteiger partial charge in [0.05, 0.1) is 19.8 Å². The molecule has 0 spiro atoms. The van der Waals surface area contributed by atoms with Crippen LogP contribution < -0.4 is 5.32 Å². The quantitative estimate of drug-likeness (QED) is 0.576. The van der Waals surface area contributed by atoms with Crippen molar-refractivity contribution in [2.45, 2.75) is 25.3 Å². The molecule has 1 rings (SSSR count). The number of methoxy groups -OCH3 is 1. The highest BCUT2D eigenvalue weighted by molar-refractivity contribution is 4.79. The molecule has 1 unspecified atom stereocenters. The van der Waals surface area contributed by atoms with Crippen LogP contribution in [-0.4, -0.2) is 40.0 Å². The minimum atomic E-state index is 0.532. The first-order valence-electron chi connectivity index (χ1n) is 5.10. The van der Waals surface area contributed by atoms with Gasteiger partial charge in [-0.3, -0.25) is 0 Å². The molecule has 1 N–H and O–H groups in total. The Morgan fingerprint density at radius 2 is 2.15 bits per heavy atom. The summed E-state index contributed by atoms with van der Waals surface area (Å²) in [5.74, 6) is 0.962. The molecule has 0 amide bonds. The Bertz CT molecular complexity index is 126. The molecule has 1 aliphatic carbocycles. The average molecular weight is 187 g/mol. The second kappa shape index (κ2) is 6.35. The number of ether oxygens (including phenoxy) is 2. The zero-order chi connectivity index (χ0) is 9.52. The second-order valence-electron chi connectivity index (χ2n) is 3.73. The molecule has 0 bridgehead atoms. The van der Waals surface area contributed by atoms with Crippen LogP contribution in [0.15, 0.2) is 0 Å². The predicted octanol–water partition coefficient (Wildman–Crippen LogP) is 1.04. The molecular formula is C10H21NO2. The van der Waals surface area contributed by atoms with E-state index in [1.165, 1.54) is 19.3 Å². The first kappa shape index (κ1) is 11.0. The zero-order valence-electron chi connectivity index (χ0n) is 8.71. The van der Waals surface area contributed by atoms with Crippen LogP contribution in [0.4, 0.5) is 0 Å². The maximum atomic E-state index is 5.47. The van der Waals surface area contributed by atoms with Crippen molar-refractivity contribution < 1.29 is 9.47 Å². The number of hydrogen-bond donors (Lipinski definition) is 1. The van der Waals surface area contributed by atoms with Crippen molar-refractivity contribution in [3.63, 3.8) is 0 Å². The lowest BCUT2D eigenvalue weighted by atomic mass is 10.1. The maximum Gasteiger partial charge on any atom is 0.0701 e. The van der Waals surface area contributed by atoms with Crippen molar-refractivity contribution in [2.24, 2.45) is 5.92 Å². The molecular weight excluding hydrogens is 166 g/mol. The molecule has 1 atom stereocenters. The third-order valence-corrected chi connectivity index (χ3v) is 2.47. The molecule has 0 radical (unpaired) electrons. The summed E-state index contributed by atoms with van der Waals surface area (Å²) in [7, 11) is 3.70. The molecule has 0 aromatic rings. The third-order valence-electron chi connectivity index (χ3n) is 2.47. The van der Waals surface area contributed by atoms with Crippen LogP contribution >= 0.6 is 0 Å². The van der Waals surface area contributed by atoms with E-state index in [1.807, 2.05) is 7.05 Å². The minimum absolute atomic E-state index is 0.532. The van der Waals surface area contributed by atoms with E-state index in [0.717, 1.165) is 12.5 Å². The molecule has 13 heavy (non-hydrogen) atoms. The van der Waals surface area contributed by atoms with Crippen molar-refractivity contribution in [3.05, 3.63) is 0 Å². The Hall–Kier alpha value is -0.120. The summed E-state index contributed by atoms with van der Waals surface area (Å²) in [5, 5.41) is 3.28. The summed E-state index contributed by atoms with van der Waals surface area (Å²) in [4.78, 5) is 0. The van der Waals surface area contributed by atoms with Gasteiger partial charge in [0, 0.05) is 13.2 Å². The van der Waals surface area contributed by atoms with E-state index in [2.05, 4.69) is 5.32 Å². The summed E-state index contributed by atoms with van der Waals surface area (Å²) >= 11 is 0. The van der Waals surface area contributed by atoms with E-state index >= 15 is 0 Å². The molecule has 1 fully saturated rings. The fourth-order valence-electron chi connectivity index (χ4n) is 1.39. The van der Waals surface area contributed by atoms with E-state index in [1.54, 1.807) is 7.11 Å². The Morgan fingerprint density at radius 1 is 1.38 bits per heavy atom. The molecule has 0 aliphatic heterocycles. The summed E-state index contributed by atoms with van der Waals surface area (Å²) in [6.07, 6.45) is 4.09. The lowest BCUT2D eigenvalue weighted by Gasteiger charge is -2.15. The molecule has 3 heteroatoms. The van der Waals surface area contributed by atoms with Gasteiger partial charge in [-0.25, -0.2) is 0 Å². The van der Waals surface area contributed by atoms with Gasteiger partial charge < -0.3 is 14.8 Å². The minimum Gasteiger partial charge on any atom is -0.382 e. The summed E-state index contributed by atoms with van der Waals surface area (Å²) < 4.78 is 10.4. The van der Waals surface area contributed by atoms with Crippen molar-refractivity contribution in [1.82, 2.24) is 5.32 Å². The average Bonchev–Trinajstić information content (AvgIpc) is 2.94. The van der Waals surface area contributed by atoms with Crippen molar-refractivity contribution >= 4 is 0 Å². The van der Waals surface area contributed by atoms with Gasteiger partial charge in [-0.05, 0) is 19.4 Å². The van der Waals surface area contributed by atoms with Crippen molar-refractivity contribution in [2.75, 3.05) is 34.0 Å². The Labute approximate surface area is 80.8 Å². The number of hydrogen-bond acceptors (Lipinski definition) is 3. The summed E-state index contributed by atoms with van der Waals surface area (Å²) in [6.45, 7) is 2.22.